The maximum Gasteiger partial charge on any atom is 0.262 e. The van der Waals surface area contributed by atoms with Gasteiger partial charge in [-0.15, -0.1) is 0 Å². The average Bonchev–Trinajstić information content (AvgIpc) is 2.97. The van der Waals surface area contributed by atoms with Gasteiger partial charge in [-0.3, -0.25) is 4.79 Å². The van der Waals surface area contributed by atoms with Crippen molar-refractivity contribution in [3.05, 3.63) is 58.4 Å². The van der Waals surface area contributed by atoms with Crippen molar-refractivity contribution in [2.24, 2.45) is 0 Å². The Balaban J connectivity index is 2.21. The zero-order chi connectivity index (χ0) is 20.7. The van der Waals surface area contributed by atoms with Crippen molar-refractivity contribution in [3.8, 4) is 11.8 Å². The second-order valence-electron chi connectivity index (χ2n) is 6.67. The van der Waals surface area contributed by atoms with Crippen molar-refractivity contribution >= 4 is 12.0 Å². The van der Waals surface area contributed by atoms with E-state index in [1.165, 1.54) is 0 Å². The molecule has 148 valence electrons. The monoisotopic (exact) mass is 381 g/mol. The van der Waals surface area contributed by atoms with Gasteiger partial charge in [-0.05, 0) is 44.5 Å². The van der Waals surface area contributed by atoms with E-state index in [9.17, 15) is 10.1 Å². The lowest BCUT2D eigenvalue weighted by Gasteiger charge is -2.17. The lowest BCUT2D eigenvalue weighted by molar-refractivity contribution is -0.117. The Kier molecular flexibility index (Phi) is 7.42. The van der Waals surface area contributed by atoms with Gasteiger partial charge in [-0.1, -0.05) is 18.2 Å². The molecule has 1 amide bonds. The van der Waals surface area contributed by atoms with E-state index < -0.39 is 5.91 Å². The molecule has 0 bridgehead atoms. The molecule has 0 aliphatic carbocycles. The van der Waals surface area contributed by atoms with Crippen LogP contribution in [-0.2, 0) is 16.1 Å². The molecule has 0 saturated carbocycles. The Bertz CT molecular complexity index is 906. The topological polar surface area (TPSA) is 76.3 Å². The Hall–Kier alpha value is -3.04. The number of benzene rings is 1. The van der Waals surface area contributed by atoms with Gasteiger partial charge in [0.2, 0.25) is 0 Å². The van der Waals surface area contributed by atoms with Crippen molar-refractivity contribution in [1.82, 2.24) is 9.88 Å². The minimum absolute atomic E-state index is 0.0644. The first-order chi connectivity index (χ1) is 13.4. The van der Waals surface area contributed by atoms with Crippen LogP contribution in [0.5, 0.6) is 5.75 Å². The average molecular weight is 381 g/mol. The molecular weight excluding hydrogens is 354 g/mol. The zero-order valence-electron chi connectivity index (χ0n) is 17.1. The van der Waals surface area contributed by atoms with E-state index in [-0.39, 0.29) is 18.2 Å². The number of aromatic nitrogens is 1. The highest BCUT2D eigenvalue weighted by Crippen LogP contribution is 2.23. The summed E-state index contributed by atoms with van der Waals surface area (Å²) >= 11 is 0. The summed E-state index contributed by atoms with van der Waals surface area (Å²) in [5.41, 5.74) is 3.81. The highest BCUT2D eigenvalue weighted by molar-refractivity contribution is 6.01. The van der Waals surface area contributed by atoms with Crippen LogP contribution in [0.25, 0.3) is 6.08 Å². The first-order valence-corrected chi connectivity index (χ1v) is 9.12. The number of nitrogens with zero attached hydrogens (tertiary/aromatic N) is 2. The summed E-state index contributed by atoms with van der Waals surface area (Å²) in [4.78, 5) is 12.5. The number of nitriles is 1. The lowest BCUT2D eigenvalue weighted by Crippen LogP contribution is -2.24. The van der Waals surface area contributed by atoms with E-state index in [1.807, 2.05) is 50.2 Å². The van der Waals surface area contributed by atoms with Crippen LogP contribution in [0.2, 0.25) is 0 Å². The van der Waals surface area contributed by atoms with Crippen LogP contribution in [0.15, 0.2) is 35.9 Å². The van der Waals surface area contributed by atoms with Crippen LogP contribution < -0.4 is 10.1 Å². The first-order valence-electron chi connectivity index (χ1n) is 9.12. The van der Waals surface area contributed by atoms with Gasteiger partial charge in [0.15, 0.2) is 0 Å². The predicted molar refractivity (Wildman–Crippen MR) is 109 cm³/mol. The SMILES string of the molecule is COCC(C)n1c(C)cc(/C=C(\C#N)C(=O)NCc2ccccc2OC)c1C. The molecule has 0 aliphatic rings. The largest absolute Gasteiger partial charge is 0.496 e. The summed E-state index contributed by atoms with van der Waals surface area (Å²) < 4.78 is 12.7. The van der Waals surface area contributed by atoms with E-state index in [4.69, 9.17) is 9.47 Å². The maximum atomic E-state index is 12.5. The van der Waals surface area contributed by atoms with Gasteiger partial charge < -0.3 is 19.4 Å². The summed E-state index contributed by atoms with van der Waals surface area (Å²) in [6.07, 6.45) is 1.63. The second-order valence-corrected chi connectivity index (χ2v) is 6.67. The predicted octanol–water partition coefficient (Wildman–Crippen LogP) is 3.54. The van der Waals surface area contributed by atoms with Crippen LogP contribution in [0, 0.1) is 25.2 Å². The lowest BCUT2D eigenvalue weighted by atomic mass is 10.1. The summed E-state index contributed by atoms with van der Waals surface area (Å²) in [5.74, 6) is 0.282. The number of amides is 1. The van der Waals surface area contributed by atoms with E-state index in [0.29, 0.717) is 12.4 Å². The second kappa shape index (κ2) is 9.77. The number of carbonyl (C=O) groups is 1. The Morgan fingerprint density at radius 2 is 2.04 bits per heavy atom. The number of hydrogen-bond donors (Lipinski definition) is 1. The van der Waals surface area contributed by atoms with Crippen molar-refractivity contribution < 1.29 is 14.3 Å². The summed E-state index contributed by atoms with van der Waals surface area (Å²) in [7, 11) is 3.26. The first kappa shape index (κ1) is 21.3. The molecule has 0 saturated heterocycles. The maximum absolute atomic E-state index is 12.5. The Labute approximate surface area is 166 Å². The molecule has 28 heavy (non-hydrogen) atoms. The van der Waals surface area contributed by atoms with Crippen molar-refractivity contribution in [3.63, 3.8) is 0 Å². The van der Waals surface area contributed by atoms with Gasteiger partial charge in [-0.2, -0.15) is 5.26 Å². The zero-order valence-corrected chi connectivity index (χ0v) is 17.1. The van der Waals surface area contributed by atoms with Crippen molar-refractivity contribution in [2.75, 3.05) is 20.8 Å². The van der Waals surface area contributed by atoms with Crippen molar-refractivity contribution in [1.29, 1.82) is 5.26 Å². The highest BCUT2D eigenvalue weighted by atomic mass is 16.5. The van der Waals surface area contributed by atoms with Crippen LogP contribution >= 0.6 is 0 Å². The molecule has 6 heteroatoms. The molecule has 0 aliphatic heterocycles. The van der Waals surface area contributed by atoms with Gasteiger partial charge >= 0.3 is 0 Å². The molecule has 1 aromatic carbocycles. The van der Waals surface area contributed by atoms with Gasteiger partial charge in [0.1, 0.15) is 17.4 Å². The third-order valence-electron chi connectivity index (χ3n) is 4.67. The van der Waals surface area contributed by atoms with E-state index in [2.05, 4.69) is 16.8 Å². The van der Waals surface area contributed by atoms with E-state index in [1.54, 1.807) is 20.3 Å². The number of nitrogens with one attached hydrogen (secondary N) is 1. The number of hydrogen-bond acceptors (Lipinski definition) is 4. The Morgan fingerprint density at radius 3 is 2.68 bits per heavy atom. The van der Waals surface area contributed by atoms with Crippen LogP contribution in [0.1, 0.15) is 35.5 Å². The number of rotatable bonds is 8. The molecule has 2 aromatic rings. The number of para-hydroxylation sites is 1. The van der Waals surface area contributed by atoms with Gasteiger partial charge in [0, 0.05) is 30.6 Å². The molecule has 0 radical (unpaired) electrons. The fraction of sp³-hybridized carbons (Fsp3) is 0.364. The molecule has 6 nitrogen and oxygen atoms in total. The molecule has 1 atom stereocenters. The molecular formula is C22H27N3O3. The number of methoxy groups -OCH3 is 2. The minimum atomic E-state index is -0.414. The standard InChI is InChI=1S/C22H27N3O3/c1-15-10-19(17(3)25(15)16(2)14-27-4)11-20(12-23)22(26)24-13-18-8-6-7-9-21(18)28-5/h6-11,16H,13-14H2,1-5H3,(H,24,26)/b20-11+. The number of carbonyl (C=O) groups excluding carboxylic acids is 1. The van der Waals surface area contributed by atoms with Crippen LogP contribution in [0.4, 0.5) is 0 Å². The minimum Gasteiger partial charge on any atom is -0.496 e. The highest BCUT2D eigenvalue weighted by Gasteiger charge is 2.16. The van der Waals surface area contributed by atoms with Gasteiger partial charge in [-0.25, -0.2) is 0 Å². The molecule has 1 aromatic heterocycles. The van der Waals surface area contributed by atoms with Gasteiger partial charge in [0.25, 0.3) is 5.91 Å². The smallest absolute Gasteiger partial charge is 0.262 e. The number of aryl methyl sites for hydroxylation is 1. The number of ether oxygens (including phenoxy) is 2. The summed E-state index contributed by atoms with van der Waals surface area (Å²) in [6.45, 7) is 6.93. The molecule has 1 heterocycles. The van der Waals surface area contributed by atoms with Crippen LogP contribution in [0.3, 0.4) is 0 Å². The van der Waals surface area contributed by atoms with Crippen molar-refractivity contribution in [2.45, 2.75) is 33.4 Å². The fourth-order valence-corrected chi connectivity index (χ4v) is 3.37. The van der Waals surface area contributed by atoms with Gasteiger partial charge in [0.05, 0.1) is 19.8 Å². The normalized spacial score (nSPS) is 12.4. The third kappa shape index (κ3) is 4.81. The van der Waals surface area contributed by atoms with Crippen LogP contribution in [-0.4, -0.2) is 31.3 Å². The molecule has 1 unspecified atom stereocenters. The fourth-order valence-electron chi connectivity index (χ4n) is 3.37. The third-order valence-corrected chi connectivity index (χ3v) is 4.67. The van der Waals surface area contributed by atoms with E-state index in [0.717, 1.165) is 22.5 Å². The molecule has 0 fully saturated rings. The summed E-state index contributed by atoms with van der Waals surface area (Å²) in [5, 5.41) is 12.3. The Morgan fingerprint density at radius 1 is 1.32 bits per heavy atom. The molecule has 1 N–H and O–H groups in total. The molecule has 0 spiro atoms. The molecule has 2 rings (SSSR count). The quantitative estimate of drug-likeness (QED) is 0.560. The summed E-state index contributed by atoms with van der Waals surface area (Å²) in [6, 6.07) is 11.6. The van der Waals surface area contributed by atoms with E-state index >= 15 is 0 Å².